The molecule has 102 valence electrons. The molecular weight excluding hydrogens is 216 g/mol. The molecule has 17 heavy (non-hydrogen) atoms. The van der Waals surface area contributed by atoms with Gasteiger partial charge in [-0.15, -0.1) is 0 Å². The van der Waals surface area contributed by atoms with Crippen molar-refractivity contribution < 1.29 is 14.3 Å². The smallest absolute Gasteiger partial charge is 0.305 e. The van der Waals surface area contributed by atoms with Crippen molar-refractivity contribution in [1.29, 1.82) is 0 Å². The van der Waals surface area contributed by atoms with Crippen LogP contribution in [0.5, 0.6) is 0 Å². The number of carbonyl (C=O) groups is 1. The molecule has 0 unspecified atom stereocenters. The van der Waals surface area contributed by atoms with Crippen LogP contribution in [0.4, 0.5) is 0 Å². The summed E-state index contributed by atoms with van der Waals surface area (Å²) in [6.45, 7) is 5.80. The lowest BCUT2D eigenvalue weighted by atomic mass is 10.1. The van der Waals surface area contributed by atoms with Crippen LogP contribution >= 0.6 is 0 Å². The van der Waals surface area contributed by atoms with Crippen molar-refractivity contribution in [2.45, 2.75) is 58.8 Å². The molecule has 0 bridgehead atoms. The quantitative estimate of drug-likeness (QED) is 0.412. The minimum absolute atomic E-state index is 0.0491. The van der Waals surface area contributed by atoms with Crippen LogP contribution in [0.25, 0.3) is 0 Å². The van der Waals surface area contributed by atoms with Crippen molar-refractivity contribution in [3.63, 3.8) is 0 Å². The van der Waals surface area contributed by atoms with E-state index in [9.17, 15) is 4.79 Å². The summed E-state index contributed by atoms with van der Waals surface area (Å²) in [5.74, 6) is 0.693. The molecule has 0 aromatic carbocycles. The molecular formula is C14H28O3. The SMILES string of the molecule is COCCCCCC(=O)OCCCCC(C)C. The van der Waals surface area contributed by atoms with Gasteiger partial charge in [0, 0.05) is 20.1 Å². The molecule has 0 aliphatic rings. The second-order valence-corrected chi connectivity index (χ2v) is 4.91. The first kappa shape index (κ1) is 16.4. The summed E-state index contributed by atoms with van der Waals surface area (Å²) in [6.07, 6.45) is 6.89. The average molecular weight is 244 g/mol. The van der Waals surface area contributed by atoms with E-state index in [2.05, 4.69) is 13.8 Å². The fourth-order valence-electron chi connectivity index (χ4n) is 1.61. The van der Waals surface area contributed by atoms with Gasteiger partial charge >= 0.3 is 5.97 Å². The molecule has 0 saturated carbocycles. The van der Waals surface area contributed by atoms with E-state index in [0.29, 0.717) is 13.0 Å². The van der Waals surface area contributed by atoms with Gasteiger partial charge < -0.3 is 9.47 Å². The Labute approximate surface area is 106 Å². The molecule has 0 aromatic heterocycles. The lowest BCUT2D eigenvalue weighted by molar-refractivity contribution is -0.143. The van der Waals surface area contributed by atoms with Gasteiger partial charge in [-0.1, -0.05) is 26.7 Å². The molecule has 0 aliphatic carbocycles. The third-order valence-corrected chi connectivity index (χ3v) is 2.67. The maximum atomic E-state index is 11.3. The number of hydrogen-bond donors (Lipinski definition) is 0. The Hall–Kier alpha value is -0.570. The Balaban J connectivity index is 3.18. The van der Waals surface area contributed by atoms with Crippen molar-refractivity contribution in [3.05, 3.63) is 0 Å². The van der Waals surface area contributed by atoms with E-state index < -0.39 is 0 Å². The van der Waals surface area contributed by atoms with E-state index in [-0.39, 0.29) is 5.97 Å². The predicted octanol–water partition coefficient (Wildman–Crippen LogP) is 3.56. The van der Waals surface area contributed by atoms with Crippen molar-refractivity contribution in [1.82, 2.24) is 0 Å². The summed E-state index contributed by atoms with van der Waals surface area (Å²) < 4.78 is 10.1. The van der Waals surface area contributed by atoms with Gasteiger partial charge in [-0.05, 0) is 31.6 Å². The van der Waals surface area contributed by atoms with Crippen LogP contribution in [-0.2, 0) is 14.3 Å². The molecule has 0 N–H and O–H groups in total. The zero-order valence-electron chi connectivity index (χ0n) is 11.7. The molecule has 0 fully saturated rings. The van der Waals surface area contributed by atoms with Gasteiger partial charge in [0.15, 0.2) is 0 Å². The molecule has 0 amide bonds. The monoisotopic (exact) mass is 244 g/mol. The lowest BCUT2D eigenvalue weighted by Gasteiger charge is -2.06. The third kappa shape index (κ3) is 13.4. The van der Waals surface area contributed by atoms with Crippen LogP contribution in [0.3, 0.4) is 0 Å². The van der Waals surface area contributed by atoms with E-state index in [0.717, 1.165) is 44.6 Å². The number of ether oxygens (including phenoxy) is 2. The summed E-state index contributed by atoms with van der Waals surface area (Å²) in [5, 5.41) is 0. The van der Waals surface area contributed by atoms with E-state index in [1.165, 1.54) is 6.42 Å². The van der Waals surface area contributed by atoms with Crippen LogP contribution in [0, 0.1) is 5.92 Å². The molecule has 3 nitrogen and oxygen atoms in total. The van der Waals surface area contributed by atoms with Gasteiger partial charge in [-0.3, -0.25) is 4.79 Å². The van der Waals surface area contributed by atoms with Gasteiger partial charge in [0.2, 0.25) is 0 Å². The van der Waals surface area contributed by atoms with Crippen LogP contribution in [0.15, 0.2) is 0 Å². The minimum Gasteiger partial charge on any atom is -0.466 e. The Kier molecular flexibility index (Phi) is 11.5. The molecule has 0 radical (unpaired) electrons. The Morgan fingerprint density at radius 3 is 2.35 bits per heavy atom. The van der Waals surface area contributed by atoms with Crippen LogP contribution in [0.2, 0.25) is 0 Å². The van der Waals surface area contributed by atoms with Gasteiger partial charge in [-0.25, -0.2) is 0 Å². The molecule has 0 heterocycles. The summed E-state index contributed by atoms with van der Waals surface area (Å²) in [4.78, 5) is 11.3. The lowest BCUT2D eigenvalue weighted by Crippen LogP contribution is -2.06. The number of esters is 1. The Bertz CT molecular complexity index is 178. The van der Waals surface area contributed by atoms with Crippen molar-refractivity contribution >= 4 is 5.97 Å². The fraction of sp³-hybridized carbons (Fsp3) is 0.929. The van der Waals surface area contributed by atoms with Gasteiger partial charge in [0.25, 0.3) is 0 Å². The zero-order chi connectivity index (χ0) is 12.9. The van der Waals surface area contributed by atoms with Crippen molar-refractivity contribution in [2.75, 3.05) is 20.3 Å². The predicted molar refractivity (Wildman–Crippen MR) is 70.0 cm³/mol. The van der Waals surface area contributed by atoms with Crippen molar-refractivity contribution in [3.8, 4) is 0 Å². The minimum atomic E-state index is -0.0491. The highest BCUT2D eigenvalue weighted by molar-refractivity contribution is 5.69. The standard InChI is InChI=1S/C14H28O3/c1-13(2)9-6-8-12-17-14(15)10-5-4-7-11-16-3/h13H,4-12H2,1-3H3. The maximum absolute atomic E-state index is 11.3. The normalized spacial score (nSPS) is 10.8. The Morgan fingerprint density at radius 1 is 1.00 bits per heavy atom. The molecule has 0 aliphatic heterocycles. The van der Waals surface area contributed by atoms with Crippen LogP contribution < -0.4 is 0 Å². The summed E-state index contributed by atoms with van der Waals surface area (Å²) in [7, 11) is 1.70. The summed E-state index contributed by atoms with van der Waals surface area (Å²) in [5.41, 5.74) is 0. The summed E-state index contributed by atoms with van der Waals surface area (Å²) in [6, 6.07) is 0. The number of unbranched alkanes of at least 4 members (excludes halogenated alkanes) is 3. The highest BCUT2D eigenvalue weighted by atomic mass is 16.5. The Morgan fingerprint density at radius 2 is 1.71 bits per heavy atom. The largest absolute Gasteiger partial charge is 0.466 e. The summed E-state index contributed by atoms with van der Waals surface area (Å²) >= 11 is 0. The van der Waals surface area contributed by atoms with Crippen LogP contribution in [-0.4, -0.2) is 26.3 Å². The van der Waals surface area contributed by atoms with E-state index in [1.54, 1.807) is 7.11 Å². The number of hydrogen-bond acceptors (Lipinski definition) is 3. The highest BCUT2D eigenvalue weighted by Crippen LogP contribution is 2.07. The first-order valence-corrected chi connectivity index (χ1v) is 6.81. The van der Waals surface area contributed by atoms with Gasteiger partial charge in [0.1, 0.15) is 0 Å². The fourth-order valence-corrected chi connectivity index (χ4v) is 1.61. The number of methoxy groups -OCH3 is 1. The number of rotatable bonds is 11. The van der Waals surface area contributed by atoms with E-state index in [1.807, 2.05) is 0 Å². The molecule has 0 aromatic rings. The third-order valence-electron chi connectivity index (χ3n) is 2.67. The van der Waals surface area contributed by atoms with Gasteiger partial charge in [-0.2, -0.15) is 0 Å². The molecule has 0 rings (SSSR count). The first-order chi connectivity index (χ1) is 8.16. The zero-order valence-corrected chi connectivity index (χ0v) is 11.7. The van der Waals surface area contributed by atoms with Crippen molar-refractivity contribution in [2.24, 2.45) is 5.92 Å². The second kappa shape index (κ2) is 11.9. The second-order valence-electron chi connectivity index (χ2n) is 4.91. The molecule has 3 heteroatoms. The molecule has 0 atom stereocenters. The number of carbonyl (C=O) groups excluding carboxylic acids is 1. The topological polar surface area (TPSA) is 35.5 Å². The molecule has 0 spiro atoms. The van der Waals surface area contributed by atoms with E-state index >= 15 is 0 Å². The maximum Gasteiger partial charge on any atom is 0.305 e. The van der Waals surface area contributed by atoms with Gasteiger partial charge in [0.05, 0.1) is 6.61 Å². The first-order valence-electron chi connectivity index (χ1n) is 6.81. The average Bonchev–Trinajstić information content (AvgIpc) is 2.28. The molecule has 0 saturated heterocycles. The van der Waals surface area contributed by atoms with E-state index in [4.69, 9.17) is 9.47 Å². The van der Waals surface area contributed by atoms with Crippen LogP contribution in [0.1, 0.15) is 58.8 Å². The highest BCUT2D eigenvalue weighted by Gasteiger charge is 2.02.